The van der Waals surface area contributed by atoms with Gasteiger partial charge in [0.15, 0.2) is 0 Å². The monoisotopic (exact) mass is 396 g/mol. The number of benzene rings is 2. The number of nitrogens with one attached hydrogen (secondary N) is 2. The molecule has 0 atom stereocenters. The fraction of sp³-hybridized carbons (Fsp3) is 0.391. The van der Waals surface area contributed by atoms with Gasteiger partial charge in [0.1, 0.15) is 0 Å². The van der Waals surface area contributed by atoms with E-state index in [2.05, 4.69) is 10.6 Å². The van der Waals surface area contributed by atoms with Crippen LogP contribution in [0.3, 0.4) is 0 Å². The first-order valence-corrected chi connectivity index (χ1v) is 10.1. The first kappa shape index (κ1) is 20.9. The van der Waals surface area contributed by atoms with E-state index in [9.17, 15) is 9.59 Å². The third-order valence-electron chi connectivity index (χ3n) is 5.24. The highest BCUT2D eigenvalue weighted by molar-refractivity contribution is 5.74. The molecule has 1 aliphatic carbocycles. The molecule has 3 rings (SSSR count). The van der Waals surface area contributed by atoms with E-state index in [1.165, 1.54) is 0 Å². The van der Waals surface area contributed by atoms with Gasteiger partial charge < -0.3 is 20.5 Å². The fourth-order valence-electron chi connectivity index (χ4n) is 3.59. The van der Waals surface area contributed by atoms with Crippen molar-refractivity contribution in [3.63, 3.8) is 0 Å². The Kier molecular flexibility index (Phi) is 7.64. The molecule has 2 aromatic carbocycles. The average Bonchev–Trinajstić information content (AvgIpc) is 2.74. The Morgan fingerprint density at radius 3 is 2.28 bits per heavy atom. The van der Waals surface area contributed by atoms with Crippen molar-refractivity contribution in [2.24, 2.45) is 5.92 Å². The minimum absolute atomic E-state index is 0.0447. The highest BCUT2D eigenvalue weighted by atomic mass is 16.5. The molecule has 2 aromatic rings. The molecule has 1 saturated carbocycles. The largest absolute Gasteiger partial charge is 0.481 e. The van der Waals surface area contributed by atoms with Crippen LogP contribution in [0.5, 0.6) is 0 Å². The number of hydrogen-bond acceptors (Lipinski definition) is 3. The van der Waals surface area contributed by atoms with Gasteiger partial charge in [0.05, 0.1) is 19.1 Å². The Hall–Kier alpha value is -2.86. The topological polar surface area (TPSA) is 87.7 Å². The predicted octanol–water partition coefficient (Wildman–Crippen LogP) is 3.85. The predicted molar refractivity (Wildman–Crippen MR) is 110 cm³/mol. The standard InChI is InChI=1S/C23H28N2O4/c26-22(27)20-9-11-21(12-10-20)25-23(28)24-14-18-7-4-8-19(13-18)16-29-15-17-5-2-1-3-6-17/h1-8,13,20-21H,9-12,14-16H2,(H,26,27)(H2,24,25,28). The zero-order chi connectivity index (χ0) is 20.5. The van der Waals surface area contributed by atoms with Gasteiger partial charge in [-0.2, -0.15) is 0 Å². The van der Waals surface area contributed by atoms with Crippen LogP contribution in [-0.2, 0) is 29.3 Å². The minimum Gasteiger partial charge on any atom is -0.481 e. The van der Waals surface area contributed by atoms with E-state index in [-0.39, 0.29) is 18.0 Å². The smallest absolute Gasteiger partial charge is 0.315 e. The zero-order valence-electron chi connectivity index (χ0n) is 16.5. The summed E-state index contributed by atoms with van der Waals surface area (Å²) in [7, 11) is 0. The van der Waals surface area contributed by atoms with Crippen LogP contribution < -0.4 is 10.6 Å². The lowest BCUT2D eigenvalue weighted by Crippen LogP contribution is -2.43. The maximum atomic E-state index is 12.2. The van der Waals surface area contributed by atoms with Gasteiger partial charge in [-0.3, -0.25) is 4.79 Å². The summed E-state index contributed by atoms with van der Waals surface area (Å²) < 4.78 is 5.77. The van der Waals surface area contributed by atoms with Gasteiger partial charge in [0.2, 0.25) is 0 Å². The summed E-state index contributed by atoms with van der Waals surface area (Å²) in [6.07, 6.45) is 2.65. The quantitative estimate of drug-likeness (QED) is 0.633. The van der Waals surface area contributed by atoms with Gasteiger partial charge in [-0.1, -0.05) is 54.6 Å². The summed E-state index contributed by atoms with van der Waals surface area (Å²) >= 11 is 0. The maximum absolute atomic E-state index is 12.2. The maximum Gasteiger partial charge on any atom is 0.315 e. The Balaban J connectivity index is 1.38. The molecule has 3 N–H and O–H groups in total. The summed E-state index contributed by atoms with van der Waals surface area (Å²) in [5.74, 6) is -1.01. The first-order chi connectivity index (χ1) is 14.1. The average molecular weight is 396 g/mol. The van der Waals surface area contributed by atoms with Gasteiger partial charge >= 0.3 is 12.0 Å². The van der Waals surface area contributed by atoms with E-state index in [1.807, 2.05) is 54.6 Å². The summed E-state index contributed by atoms with van der Waals surface area (Å²) in [6.45, 7) is 1.51. The SMILES string of the molecule is O=C(NCc1cccc(COCc2ccccc2)c1)NC1CCC(C(=O)O)CC1. The van der Waals surface area contributed by atoms with Gasteiger partial charge in [-0.25, -0.2) is 4.79 Å². The number of ether oxygens (including phenoxy) is 1. The Bertz CT molecular complexity index is 802. The number of rotatable bonds is 8. The number of carbonyl (C=O) groups is 2. The number of amides is 2. The molecule has 29 heavy (non-hydrogen) atoms. The van der Waals surface area contributed by atoms with E-state index < -0.39 is 5.97 Å². The number of urea groups is 1. The van der Waals surface area contributed by atoms with Crippen molar-refractivity contribution in [2.45, 2.75) is 51.5 Å². The van der Waals surface area contributed by atoms with Crippen molar-refractivity contribution < 1.29 is 19.4 Å². The normalized spacial score (nSPS) is 18.8. The number of carbonyl (C=O) groups excluding carboxylic acids is 1. The molecule has 1 fully saturated rings. The highest BCUT2D eigenvalue weighted by Gasteiger charge is 2.26. The lowest BCUT2D eigenvalue weighted by atomic mass is 9.86. The summed E-state index contributed by atoms with van der Waals surface area (Å²) in [5.41, 5.74) is 3.21. The van der Waals surface area contributed by atoms with Crippen LogP contribution in [0.1, 0.15) is 42.4 Å². The van der Waals surface area contributed by atoms with Crippen LogP contribution in [0, 0.1) is 5.92 Å². The number of aliphatic carboxylic acids is 1. The Labute approximate surface area is 171 Å². The van der Waals surface area contributed by atoms with Crippen LogP contribution in [-0.4, -0.2) is 23.1 Å². The zero-order valence-corrected chi connectivity index (χ0v) is 16.5. The van der Waals surface area contributed by atoms with Crippen LogP contribution in [0.2, 0.25) is 0 Å². The molecule has 0 unspecified atom stereocenters. The summed E-state index contributed by atoms with van der Waals surface area (Å²) in [4.78, 5) is 23.2. The molecule has 6 heteroatoms. The second-order valence-corrected chi connectivity index (χ2v) is 7.51. The van der Waals surface area contributed by atoms with Crippen molar-refractivity contribution in [1.29, 1.82) is 0 Å². The molecule has 2 amide bonds. The second kappa shape index (κ2) is 10.6. The third kappa shape index (κ3) is 6.91. The number of carboxylic acid groups (broad SMARTS) is 1. The van der Waals surface area contributed by atoms with Crippen molar-refractivity contribution in [1.82, 2.24) is 10.6 Å². The van der Waals surface area contributed by atoms with E-state index in [4.69, 9.17) is 9.84 Å². The second-order valence-electron chi connectivity index (χ2n) is 7.51. The summed E-state index contributed by atoms with van der Waals surface area (Å²) in [6, 6.07) is 17.8. The third-order valence-corrected chi connectivity index (χ3v) is 5.24. The van der Waals surface area contributed by atoms with Gasteiger partial charge in [-0.05, 0) is 42.4 Å². The minimum atomic E-state index is -0.736. The molecule has 0 bridgehead atoms. The molecule has 0 aliphatic heterocycles. The van der Waals surface area contributed by atoms with Crippen molar-refractivity contribution >= 4 is 12.0 Å². The van der Waals surface area contributed by atoms with E-state index in [0.29, 0.717) is 45.4 Å². The molecular formula is C23H28N2O4. The Morgan fingerprint density at radius 1 is 0.897 bits per heavy atom. The van der Waals surface area contributed by atoms with Crippen LogP contribution in [0.15, 0.2) is 54.6 Å². The van der Waals surface area contributed by atoms with Crippen molar-refractivity contribution in [3.8, 4) is 0 Å². The number of hydrogen-bond donors (Lipinski definition) is 3. The van der Waals surface area contributed by atoms with E-state index >= 15 is 0 Å². The first-order valence-electron chi connectivity index (χ1n) is 10.1. The highest BCUT2D eigenvalue weighted by Crippen LogP contribution is 2.24. The fourth-order valence-corrected chi connectivity index (χ4v) is 3.59. The molecular weight excluding hydrogens is 368 g/mol. The van der Waals surface area contributed by atoms with Crippen molar-refractivity contribution in [2.75, 3.05) is 0 Å². The van der Waals surface area contributed by atoms with Crippen LogP contribution in [0.25, 0.3) is 0 Å². The molecule has 0 radical (unpaired) electrons. The number of carboxylic acids is 1. The molecule has 0 heterocycles. The van der Waals surface area contributed by atoms with Gasteiger partial charge in [-0.15, -0.1) is 0 Å². The molecule has 0 aromatic heterocycles. The van der Waals surface area contributed by atoms with Gasteiger partial charge in [0, 0.05) is 12.6 Å². The van der Waals surface area contributed by atoms with Gasteiger partial charge in [0.25, 0.3) is 0 Å². The molecule has 1 aliphatic rings. The lowest BCUT2D eigenvalue weighted by Gasteiger charge is -2.26. The van der Waals surface area contributed by atoms with E-state index in [0.717, 1.165) is 16.7 Å². The van der Waals surface area contributed by atoms with Crippen molar-refractivity contribution in [3.05, 3.63) is 71.3 Å². The summed E-state index contributed by atoms with van der Waals surface area (Å²) in [5, 5.41) is 14.9. The Morgan fingerprint density at radius 2 is 1.55 bits per heavy atom. The molecule has 0 saturated heterocycles. The van der Waals surface area contributed by atoms with Crippen LogP contribution in [0.4, 0.5) is 4.79 Å². The molecule has 0 spiro atoms. The van der Waals surface area contributed by atoms with E-state index in [1.54, 1.807) is 0 Å². The molecule has 154 valence electrons. The molecule has 6 nitrogen and oxygen atoms in total. The lowest BCUT2D eigenvalue weighted by molar-refractivity contribution is -0.142. The van der Waals surface area contributed by atoms with Crippen LogP contribution >= 0.6 is 0 Å².